The Morgan fingerprint density at radius 1 is 1.00 bits per heavy atom. The Morgan fingerprint density at radius 2 is 1.84 bits per heavy atom. The van der Waals surface area contributed by atoms with Gasteiger partial charge in [-0.05, 0) is 55.8 Å². The second-order valence-electron chi connectivity index (χ2n) is 11.5. The van der Waals surface area contributed by atoms with Gasteiger partial charge in [0.05, 0.1) is 46.5 Å². The van der Waals surface area contributed by atoms with Crippen molar-refractivity contribution in [3.8, 4) is 39.7 Å². The number of likely N-dealkylation sites (tertiary alicyclic amines) is 1. The van der Waals surface area contributed by atoms with Crippen molar-refractivity contribution < 1.29 is 13.9 Å². The molecular formula is C33H32FN9O2. The lowest BCUT2D eigenvalue weighted by Crippen LogP contribution is -2.25. The van der Waals surface area contributed by atoms with Crippen LogP contribution >= 0.6 is 0 Å². The zero-order chi connectivity index (χ0) is 30.9. The first-order valence-corrected chi connectivity index (χ1v) is 15.0. The lowest BCUT2D eigenvalue weighted by atomic mass is 10.1. The Labute approximate surface area is 258 Å². The van der Waals surface area contributed by atoms with Crippen molar-refractivity contribution in [2.24, 2.45) is 5.92 Å². The molecule has 0 radical (unpaired) electrons. The van der Waals surface area contributed by atoms with Gasteiger partial charge in [-0.2, -0.15) is 5.10 Å². The molecule has 0 bridgehead atoms. The number of aromatic nitrogens is 7. The van der Waals surface area contributed by atoms with Gasteiger partial charge >= 0.3 is 0 Å². The third-order valence-electron chi connectivity index (χ3n) is 7.95. The minimum Gasteiger partial charge on any atom is -0.492 e. The molecule has 12 heteroatoms. The molecule has 0 atom stereocenters. The smallest absolute Gasteiger partial charge is 0.226 e. The number of H-pyrrole nitrogens is 2. The molecule has 1 amide bonds. The van der Waals surface area contributed by atoms with Crippen molar-refractivity contribution >= 4 is 33.5 Å². The van der Waals surface area contributed by atoms with Gasteiger partial charge < -0.3 is 15.0 Å². The van der Waals surface area contributed by atoms with Crippen molar-refractivity contribution in [3.05, 3.63) is 67.1 Å². The van der Waals surface area contributed by atoms with Crippen molar-refractivity contribution in [2.45, 2.75) is 26.7 Å². The fourth-order valence-electron chi connectivity index (χ4n) is 5.55. The zero-order valence-electron chi connectivity index (χ0n) is 25.0. The van der Waals surface area contributed by atoms with E-state index in [4.69, 9.17) is 9.72 Å². The predicted molar refractivity (Wildman–Crippen MR) is 170 cm³/mol. The van der Waals surface area contributed by atoms with E-state index in [2.05, 4.69) is 40.3 Å². The van der Waals surface area contributed by atoms with Crippen LogP contribution in [0.5, 0.6) is 5.75 Å². The summed E-state index contributed by atoms with van der Waals surface area (Å²) in [5, 5.41) is 11.2. The molecule has 7 rings (SSSR count). The van der Waals surface area contributed by atoms with Crippen LogP contribution in [0.15, 0.2) is 61.3 Å². The number of anilines is 1. The van der Waals surface area contributed by atoms with E-state index >= 15 is 0 Å². The van der Waals surface area contributed by atoms with Gasteiger partial charge in [-0.1, -0.05) is 13.8 Å². The fraction of sp³-hybridized carbons (Fsp3) is 0.273. The van der Waals surface area contributed by atoms with E-state index in [0.717, 1.165) is 36.1 Å². The molecule has 11 nitrogen and oxygen atoms in total. The molecule has 0 unspecified atom stereocenters. The molecule has 1 aliphatic rings. The second kappa shape index (κ2) is 12.0. The number of nitrogens with zero attached hydrogens (tertiary/aromatic N) is 6. The van der Waals surface area contributed by atoms with E-state index in [1.807, 2.05) is 32.0 Å². The predicted octanol–water partition coefficient (Wildman–Crippen LogP) is 5.83. The van der Waals surface area contributed by atoms with E-state index < -0.39 is 5.82 Å². The molecule has 0 spiro atoms. The second-order valence-corrected chi connectivity index (χ2v) is 11.5. The maximum Gasteiger partial charge on any atom is 0.226 e. The average Bonchev–Trinajstić information content (AvgIpc) is 3.80. The number of nitrogens with one attached hydrogen (secondary N) is 3. The summed E-state index contributed by atoms with van der Waals surface area (Å²) in [4.78, 5) is 36.1. The summed E-state index contributed by atoms with van der Waals surface area (Å²) in [6.45, 7) is 7.14. The molecule has 3 N–H and O–H groups in total. The Morgan fingerprint density at radius 3 is 2.69 bits per heavy atom. The average molecular weight is 606 g/mol. The minimum absolute atomic E-state index is 0.0901. The normalized spacial score (nSPS) is 13.7. The number of hydrogen-bond acceptors (Lipinski definition) is 8. The Bertz CT molecular complexity index is 2010. The number of ether oxygens (including phenoxy) is 1. The van der Waals surface area contributed by atoms with E-state index in [-0.39, 0.29) is 11.8 Å². The molecule has 6 aromatic rings. The molecular weight excluding hydrogens is 573 g/mol. The molecule has 45 heavy (non-hydrogen) atoms. The number of benzene rings is 1. The molecule has 0 aliphatic carbocycles. The maximum atomic E-state index is 14.8. The summed E-state index contributed by atoms with van der Waals surface area (Å²) >= 11 is 0. The summed E-state index contributed by atoms with van der Waals surface area (Å²) in [6, 6.07) is 8.44. The number of rotatable bonds is 9. The number of carbonyl (C=O) groups is 1. The topological polar surface area (TPSA) is 138 Å². The van der Waals surface area contributed by atoms with Crippen LogP contribution in [0.3, 0.4) is 0 Å². The highest BCUT2D eigenvalue weighted by Crippen LogP contribution is 2.34. The number of amides is 1. The van der Waals surface area contributed by atoms with Gasteiger partial charge in [0, 0.05) is 47.4 Å². The molecule has 1 fully saturated rings. The summed E-state index contributed by atoms with van der Waals surface area (Å²) in [6.07, 6.45) is 10.8. The number of pyridine rings is 3. The highest BCUT2D eigenvalue weighted by atomic mass is 19.1. The van der Waals surface area contributed by atoms with Gasteiger partial charge in [0.2, 0.25) is 5.91 Å². The largest absolute Gasteiger partial charge is 0.492 e. The number of aromatic amines is 2. The van der Waals surface area contributed by atoms with Gasteiger partial charge in [-0.15, -0.1) is 0 Å². The van der Waals surface area contributed by atoms with E-state index in [1.54, 1.807) is 31.0 Å². The van der Waals surface area contributed by atoms with Crippen LogP contribution in [-0.4, -0.2) is 72.2 Å². The Hall–Kier alpha value is -5.23. The number of imidazole rings is 1. The summed E-state index contributed by atoms with van der Waals surface area (Å²) in [7, 11) is 0. The van der Waals surface area contributed by atoms with Gasteiger partial charge in [-0.25, -0.2) is 9.37 Å². The number of fused-ring (bicyclic) bond motifs is 2. The molecule has 1 aromatic carbocycles. The van der Waals surface area contributed by atoms with Crippen LogP contribution < -0.4 is 10.1 Å². The summed E-state index contributed by atoms with van der Waals surface area (Å²) in [5.41, 5.74) is 5.94. The summed E-state index contributed by atoms with van der Waals surface area (Å²) in [5.74, 6) is 0.358. The van der Waals surface area contributed by atoms with Crippen LogP contribution in [0.4, 0.5) is 10.1 Å². The van der Waals surface area contributed by atoms with Crippen LogP contribution in [0.2, 0.25) is 0 Å². The Kier molecular flexibility index (Phi) is 7.64. The zero-order valence-corrected chi connectivity index (χ0v) is 25.0. The van der Waals surface area contributed by atoms with Crippen molar-refractivity contribution in [3.63, 3.8) is 0 Å². The molecule has 228 valence electrons. The fourth-order valence-corrected chi connectivity index (χ4v) is 5.55. The Balaban J connectivity index is 1.20. The lowest BCUT2D eigenvalue weighted by Gasteiger charge is -2.15. The van der Waals surface area contributed by atoms with Gasteiger partial charge in [0.1, 0.15) is 23.9 Å². The molecule has 0 saturated carbocycles. The first-order chi connectivity index (χ1) is 21.9. The van der Waals surface area contributed by atoms with Gasteiger partial charge in [-0.3, -0.25) is 29.7 Å². The first kappa shape index (κ1) is 28.5. The number of halogens is 1. The highest BCUT2D eigenvalue weighted by molar-refractivity contribution is 5.98. The van der Waals surface area contributed by atoms with Crippen LogP contribution in [0, 0.1) is 11.7 Å². The minimum atomic E-state index is -0.392. The van der Waals surface area contributed by atoms with Crippen molar-refractivity contribution in [1.82, 2.24) is 40.0 Å². The number of carbonyl (C=O) groups excluding carboxylic acids is 1. The third kappa shape index (κ3) is 5.96. The van der Waals surface area contributed by atoms with Crippen molar-refractivity contribution in [2.75, 3.05) is 31.6 Å². The van der Waals surface area contributed by atoms with Crippen LogP contribution in [0.1, 0.15) is 26.7 Å². The van der Waals surface area contributed by atoms with Crippen molar-refractivity contribution in [1.29, 1.82) is 0 Å². The molecule has 6 heterocycles. The standard InChI is InChI=1S/C33H32FN9O2/c1-19(2)33(44)38-23-10-21(14-35-15-23)27-13-25-28(18-37-27)41-42-31(25)32-39-29-17-36-16-26(30(29)40-32)20-9-22(34)12-24(11-20)45-8-7-43-5-3-4-6-43/h9-19H,3-8H2,1-2H3,(H,38,44)(H,39,40)(H,41,42). The SMILES string of the molecule is CC(C)C(=O)Nc1cncc(-c2cc3c(-c4nc5c(-c6cc(F)cc(OCCN7CCCC7)c6)cncc5[nH]4)n[nH]c3cn2)c1. The molecule has 1 aliphatic heterocycles. The first-order valence-electron chi connectivity index (χ1n) is 15.0. The van der Waals surface area contributed by atoms with E-state index in [9.17, 15) is 9.18 Å². The van der Waals surface area contributed by atoms with E-state index in [1.165, 1.54) is 25.0 Å². The van der Waals surface area contributed by atoms with Crippen LogP contribution in [0.25, 0.3) is 55.8 Å². The third-order valence-corrected chi connectivity index (χ3v) is 7.95. The van der Waals surface area contributed by atoms with E-state index in [0.29, 0.717) is 57.4 Å². The lowest BCUT2D eigenvalue weighted by molar-refractivity contribution is -0.118. The quantitative estimate of drug-likeness (QED) is 0.187. The van der Waals surface area contributed by atoms with Gasteiger partial charge in [0.15, 0.2) is 5.82 Å². The highest BCUT2D eigenvalue weighted by Gasteiger charge is 2.18. The molecule has 1 saturated heterocycles. The summed E-state index contributed by atoms with van der Waals surface area (Å²) < 4.78 is 20.7. The molecule has 5 aromatic heterocycles. The van der Waals surface area contributed by atoms with Crippen LogP contribution in [-0.2, 0) is 4.79 Å². The monoisotopic (exact) mass is 605 g/mol. The number of hydrogen-bond donors (Lipinski definition) is 3. The maximum absolute atomic E-state index is 14.8. The van der Waals surface area contributed by atoms with Gasteiger partial charge in [0.25, 0.3) is 0 Å².